The quantitative estimate of drug-likeness (QED) is 0.918. The Hall–Kier alpha value is -1.45. The van der Waals surface area contributed by atoms with Gasteiger partial charge >= 0.3 is 0 Å². The second-order valence-electron chi connectivity index (χ2n) is 5.32. The van der Waals surface area contributed by atoms with Gasteiger partial charge in [-0.15, -0.1) is 0 Å². The van der Waals surface area contributed by atoms with Gasteiger partial charge in [-0.1, -0.05) is 24.3 Å². The van der Waals surface area contributed by atoms with Crippen molar-refractivity contribution in [2.24, 2.45) is 11.7 Å². The van der Waals surface area contributed by atoms with E-state index in [1.165, 1.54) is 10.9 Å². The van der Waals surface area contributed by atoms with Gasteiger partial charge in [-0.2, -0.15) is 0 Å². The van der Waals surface area contributed by atoms with Crippen molar-refractivity contribution >= 4 is 10.9 Å². The fourth-order valence-corrected chi connectivity index (χ4v) is 2.90. The molecule has 0 aliphatic carbocycles. The van der Waals surface area contributed by atoms with Crippen molar-refractivity contribution in [2.75, 3.05) is 13.2 Å². The van der Waals surface area contributed by atoms with E-state index in [-0.39, 0.29) is 6.04 Å². The van der Waals surface area contributed by atoms with Crippen LogP contribution in [0.2, 0.25) is 0 Å². The summed E-state index contributed by atoms with van der Waals surface area (Å²) in [7, 11) is 0. The van der Waals surface area contributed by atoms with Crippen molar-refractivity contribution < 1.29 is 4.74 Å². The van der Waals surface area contributed by atoms with Gasteiger partial charge in [-0.05, 0) is 36.8 Å². The molecule has 1 aromatic carbocycles. The topological polar surface area (TPSA) is 48.1 Å². The van der Waals surface area contributed by atoms with Crippen LogP contribution in [-0.2, 0) is 4.74 Å². The molecule has 3 rings (SSSR count). The van der Waals surface area contributed by atoms with Crippen LogP contribution in [0.4, 0.5) is 0 Å². The number of pyridine rings is 1. The molecule has 0 spiro atoms. The van der Waals surface area contributed by atoms with Crippen LogP contribution in [0.3, 0.4) is 0 Å². The molecular formula is C16H20N2O. The Kier molecular flexibility index (Phi) is 3.76. The lowest BCUT2D eigenvalue weighted by Crippen LogP contribution is -2.21. The minimum atomic E-state index is 0.0710. The number of nitrogens with zero attached hydrogens (tertiary/aromatic N) is 1. The van der Waals surface area contributed by atoms with E-state index in [0.29, 0.717) is 5.92 Å². The van der Waals surface area contributed by atoms with Gasteiger partial charge in [0.2, 0.25) is 0 Å². The van der Waals surface area contributed by atoms with Gasteiger partial charge in [0.05, 0.1) is 5.52 Å². The maximum atomic E-state index is 6.41. The van der Waals surface area contributed by atoms with E-state index in [4.69, 9.17) is 10.5 Å². The van der Waals surface area contributed by atoms with E-state index in [1.807, 2.05) is 12.3 Å². The normalized spacial score (nSPS) is 18.6. The molecule has 0 radical (unpaired) electrons. The zero-order chi connectivity index (χ0) is 13.1. The van der Waals surface area contributed by atoms with Gasteiger partial charge in [0, 0.05) is 30.8 Å². The van der Waals surface area contributed by atoms with Crippen molar-refractivity contribution in [3.63, 3.8) is 0 Å². The summed E-state index contributed by atoms with van der Waals surface area (Å²) in [5, 5.41) is 1.17. The second-order valence-corrected chi connectivity index (χ2v) is 5.32. The molecule has 0 amide bonds. The zero-order valence-electron chi connectivity index (χ0n) is 11.1. The Bertz CT molecular complexity index is 544. The molecule has 1 atom stereocenters. The number of hydrogen-bond acceptors (Lipinski definition) is 3. The monoisotopic (exact) mass is 256 g/mol. The van der Waals surface area contributed by atoms with E-state index in [2.05, 4.69) is 29.2 Å². The molecule has 1 aliphatic heterocycles. The van der Waals surface area contributed by atoms with Crippen LogP contribution in [0.1, 0.15) is 30.9 Å². The van der Waals surface area contributed by atoms with Gasteiger partial charge < -0.3 is 10.5 Å². The van der Waals surface area contributed by atoms with E-state index in [1.54, 1.807) is 0 Å². The molecular weight excluding hydrogens is 236 g/mol. The lowest BCUT2D eigenvalue weighted by Gasteiger charge is -2.25. The van der Waals surface area contributed by atoms with Gasteiger partial charge in [0.1, 0.15) is 0 Å². The molecule has 2 aromatic rings. The summed E-state index contributed by atoms with van der Waals surface area (Å²) >= 11 is 0. The maximum absolute atomic E-state index is 6.41. The molecule has 0 saturated carbocycles. The summed E-state index contributed by atoms with van der Waals surface area (Å²) in [6.07, 6.45) is 5.13. The Morgan fingerprint density at radius 2 is 2.00 bits per heavy atom. The van der Waals surface area contributed by atoms with Crippen molar-refractivity contribution in [3.05, 3.63) is 42.1 Å². The first-order valence-corrected chi connectivity index (χ1v) is 7.01. The van der Waals surface area contributed by atoms with Crippen LogP contribution >= 0.6 is 0 Å². The number of hydrogen-bond donors (Lipinski definition) is 1. The molecule has 1 fully saturated rings. The second kappa shape index (κ2) is 5.68. The Morgan fingerprint density at radius 3 is 2.84 bits per heavy atom. The van der Waals surface area contributed by atoms with Crippen molar-refractivity contribution in [2.45, 2.75) is 25.3 Å². The summed E-state index contributed by atoms with van der Waals surface area (Å²) in [5.74, 6) is 0.683. The highest BCUT2D eigenvalue weighted by Crippen LogP contribution is 2.29. The average Bonchev–Trinajstić information content (AvgIpc) is 2.47. The number of aromatic nitrogens is 1. The first-order chi connectivity index (χ1) is 9.34. The minimum absolute atomic E-state index is 0.0710. The average molecular weight is 256 g/mol. The number of rotatable bonds is 3. The fraction of sp³-hybridized carbons (Fsp3) is 0.438. The number of ether oxygens (including phenoxy) is 1. The van der Waals surface area contributed by atoms with Crippen LogP contribution in [0.15, 0.2) is 36.5 Å². The van der Waals surface area contributed by atoms with Crippen molar-refractivity contribution in [1.29, 1.82) is 0 Å². The van der Waals surface area contributed by atoms with E-state index >= 15 is 0 Å². The molecule has 100 valence electrons. The molecule has 1 aromatic heterocycles. The highest BCUT2D eigenvalue weighted by molar-refractivity contribution is 5.81. The summed E-state index contributed by atoms with van der Waals surface area (Å²) in [5.41, 5.74) is 8.63. The van der Waals surface area contributed by atoms with Crippen molar-refractivity contribution in [3.8, 4) is 0 Å². The van der Waals surface area contributed by atoms with Crippen LogP contribution < -0.4 is 5.73 Å². The summed E-state index contributed by atoms with van der Waals surface area (Å²) < 4.78 is 5.40. The third-order valence-electron chi connectivity index (χ3n) is 3.99. The summed E-state index contributed by atoms with van der Waals surface area (Å²) in [4.78, 5) is 4.49. The number of fused-ring (bicyclic) bond motifs is 1. The largest absolute Gasteiger partial charge is 0.381 e. The summed E-state index contributed by atoms with van der Waals surface area (Å²) in [6.45, 7) is 1.76. The molecule has 3 heteroatoms. The lowest BCUT2D eigenvalue weighted by molar-refractivity contribution is 0.0619. The van der Waals surface area contributed by atoms with Crippen LogP contribution in [0.5, 0.6) is 0 Å². The van der Waals surface area contributed by atoms with Gasteiger partial charge in [-0.3, -0.25) is 4.98 Å². The first kappa shape index (κ1) is 12.6. The number of benzene rings is 1. The number of para-hydroxylation sites is 1. The minimum Gasteiger partial charge on any atom is -0.381 e. The molecule has 3 nitrogen and oxygen atoms in total. The van der Waals surface area contributed by atoms with E-state index < -0.39 is 0 Å². The molecule has 1 aliphatic rings. The predicted molar refractivity (Wildman–Crippen MR) is 76.8 cm³/mol. The molecule has 19 heavy (non-hydrogen) atoms. The van der Waals surface area contributed by atoms with Crippen LogP contribution in [0, 0.1) is 5.92 Å². The van der Waals surface area contributed by atoms with E-state index in [0.717, 1.165) is 38.0 Å². The summed E-state index contributed by atoms with van der Waals surface area (Å²) in [6, 6.07) is 10.4. The molecule has 1 saturated heterocycles. The first-order valence-electron chi connectivity index (χ1n) is 7.01. The molecule has 0 bridgehead atoms. The lowest BCUT2D eigenvalue weighted by atomic mass is 9.89. The Balaban J connectivity index is 1.82. The third kappa shape index (κ3) is 2.77. The molecule has 2 heterocycles. The van der Waals surface area contributed by atoms with Gasteiger partial charge in [0.25, 0.3) is 0 Å². The highest BCUT2D eigenvalue weighted by Gasteiger charge is 2.19. The maximum Gasteiger partial charge on any atom is 0.0749 e. The fourth-order valence-electron chi connectivity index (χ4n) is 2.90. The third-order valence-corrected chi connectivity index (χ3v) is 3.99. The number of nitrogens with two attached hydrogens (primary N) is 1. The van der Waals surface area contributed by atoms with Crippen LogP contribution in [0.25, 0.3) is 10.9 Å². The Labute approximate surface area is 113 Å². The van der Waals surface area contributed by atoms with E-state index in [9.17, 15) is 0 Å². The molecule has 2 N–H and O–H groups in total. The highest BCUT2D eigenvalue weighted by atomic mass is 16.5. The van der Waals surface area contributed by atoms with Gasteiger partial charge in [0.15, 0.2) is 0 Å². The standard InChI is InChI=1S/C16H20N2O/c17-15(11-12-6-9-19-10-7-12)14-5-1-3-13-4-2-8-18-16(13)14/h1-5,8,12,15H,6-7,9-11,17H2. The molecule has 1 unspecified atom stereocenters. The Morgan fingerprint density at radius 1 is 1.21 bits per heavy atom. The SMILES string of the molecule is NC(CC1CCOCC1)c1cccc2cccnc12. The van der Waals surface area contributed by atoms with Crippen LogP contribution in [-0.4, -0.2) is 18.2 Å². The zero-order valence-corrected chi connectivity index (χ0v) is 11.1. The van der Waals surface area contributed by atoms with Gasteiger partial charge in [-0.25, -0.2) is 0 Å². The van der Waals surface area contributed by atoms with Crippen molar-refractivity contribution in [1.82, 2.24) is 4.98 Å². The smallest absolute Gasteiger partial charge is 0.0749 e. The predicted octanol–water partition coefficient (Wildman–Crippen LogP) is 3.05.